The number of aromatic nitrogens is 2. The monoisotopic (exact) mass is 387 g/mol. The maximum atomic E-state index is 12.2. The molecule has 4 nitrogen and oxygen atoms in total. The van der Waals surface area contributed by atoms with Crippen LogP contribution in [0, 0.1) is 3.57 Å². The van der Waals surface area contributed by atoms with Crippen molar-refractivity contribution in [2.24, 2.45) is 0 Å². The van der Waals surface area contributed by atoms with Gasteiger partial charge >= 0.3 is 0 Å². The summed E-state index contributed by atoms with van der Waals surface area (Å²) in [5.74, 6) is 0.576. The van der Waals surface area contributed by atoms with Crippen LogP contribution in [0.3, 0.4) is 0 Å². The molecule has 6 heteroatoms. The molecule has 0 unspecified atom stereocenters. The molecule has 0 bridgehead atoms. The first-order valence-corrected chi connectivity index (χ1v) is 7.03. The van der Waals surface area contributed by atoms with E-state index >= 15 is 0 Å². The number of halogens is 2. The van der Waals surface area contributed by atoms with Gasteiger partial charge in [0.25, 0.3) is 0 Å². The summed E-state index contributed by atoms with van der Waals surface area (Å²) < 4.78 is 0.978. The number of anilines is 1. The van der Waals surface area contributed by atoms with Crippen LogP contribution in [0.4, 0.5) is 5.82 Å². The Morgan fingerprint density at radius 3 is 2.95 bits per heavy atom. The molecule has 0 aliphatic rings. The van der Waals surface area contributed by atoms with Crippen LogP contribution in [-0.4, -0.2) is 22.8 Å². The van der Waals surface area contributed by atoms with Crippen molar-refractivity contribution < 1.29 is 4.79 Å². The van der Waals surface area contributed by atoms with Crippen molar-refractivity contribution >= 4 is 45.8 Å². The predicted octanol–water partition coefficient (Wildman–Crippen LogP) is 3.20. The number of nitrogens with one attached hydrogen (secondary N) is 1. The highest BCUT2D eigenvalue weighted by Crippen LogP contribution is 2.19. The lowest BCUT2D eigenvalue weighted by Crippen LogP contribution is -2.09. The van der Waals surface area contributed by atoms with Crippen molar-refractivity contribution in [3.05, 3.63) is 50.4 Å². The smallest absolute Gasteiger partial charge is 0.187 e. The predicted molar refractivity (Wildman–Crippen MR) is 83.8 cm³/mol. The van der Waals surface area contributed by atoms with E-state index in [0.717, 1.165) is 9.13 Å². The fourth-order valence-corrected chi connectivity index (χ4v) is 2.43. The van der Waals surface area contributed by atoms with Crippen molar-refractivity contribution in [2.75, 3.05) is 12.4 Å². The summed E-state index contributed by atoms with van der Waals surface area (Å²) in [6, 6.07) is 5.28. The van der Waals surface area contributed by atoms with Gasteiger partial charge in [0.05, 0.1) is 5.02 Å². The van der Waals surface area contributed by atoms with Crippen molar-refractivity contribution in [1.82, 2.24) is 9.97 Å². The summed E-state index contributed by atoms with van der Waals surface area (Å²) in [6.45, 7) is 0. The molecule has 0 aliphatic heterocycles. The minimum Gasteiger partial charge on any atom is -0.373 e. The van der Waals surface area contributed by atoms with E-state index in [1.54, 1.807) is 31.6 Å². The molecule has 0 amide bonds. The maximum Gasteiger partial charge on any atom is 0.187 e. The molecule has 0 saturated heterocycles. The standard InChI is InChI=1S/C13H11ClIN3O/c1-16-13-8(5-9(15)7-18-13)6-11(19)12-10(14)3-2-4-17-12/h2-5,7H,6H2,1H3,(H,16,18). The molecule has 1 N–H and O–H groups in total. The van der Waals surface area contributed by atoms with E-state index in [1.165, 1.54) is 0 Å². The Bertz CT molecular complexity index is 619. The third kappa shape index (κ3) is 3.42. The van der Waals surface area contributed by atoms with Crippen LogP contribution in [0.1, 0.15) is 16.1 Å². The molecule has 2 heterocycles. The second-order valence-electron chi connectivity index (χ2n) is 3.85. The molecule has 0 atom stereocenters. The fourth-order valence-electron chi connectivity index (χ4n) is 1.69. The summed E-state index contributed by atoms with van der Waals surface area (Å²) in [5, 5.41) is 3.35. The molecule has 98 valence electrons. The number of pyridine rings is 2. The highest BCUT2D eigenvalue weighted by Gasteiger charge is 2.15. The van der Waals surface area contributed by atoms with E-state index in [4.69, 9.17) is 11.6 Å². The fraction of sp³-hybridized carbons (Fsp3) is 0.154. The Balaban J connectivity index is 2.29. The van der Waals surface area contributed by atoms with E-state index in [1.807, 2.05) is 6.07 Å². The number of carbonyl (C=O) groups excluding carboxylic acids is 1. The lowest BCUT2D eigenvalue weighted by atomic mass is 10.1. The molecule has 2 rings (SSSR count). The number of hydrogen-bond donors (Lipinski definition) is 1. The molecular weight excluding hydrogens is 377 g/mol. The Morgan fingerprint density at radius 2 is 2.26 bits per heavy atom. The zero-order chi connectivity index (χ0) is 13.8. The second-order valence-corrected chi connectivity index (χ2v) is 5.50. The number of carbonyl (C=O) groups is 1. The molecule has 0 saturated carbocycles. The number of nitrogens with zero attached hydrogens (tertiary/aromatic N) is 2. The van der Waals surface area contributed by atoms with Gasteiger partial charge in [0.1, 0.15) is 11.5 Å². The van der Waals surface area contributed by atoms with Gasteiger partial charge in [-0.05, 0) is 40.8 Å². The Labute approximate surface area is 129 Å². The van der Waals surface area contributed by atoms with Gasteiger partial charge in [0.15, 0.2) is 5.78 Å². The highest BCUT2D eigenvalue weighted by atomic mass is 127. The lowest BCUT2D eigenvalue weighted by molar-refractivity contribution is 0.0988. The topological polar surface area (TPSA) is 54.9 Å². The summed E-state index contributed by atoms with van der Waals surface area (Å²) in [7, 11) is 1.77. The zero-order valence-corrected chi connectivity index (χ0v) is 13.1. The Morgan fingerprint density at radius 1 is 1.47 bits per heavy atom. The second kappa shape index (κ2) is 6.29. The molecule has 0 spiro atoms. The highest BCUT2D eigenvalue weighted by molar-refractivity contribution is 14.1. The quantitative estimate of drug-likeness (QED) is 0.647. The van der Waals surface area contributed by atoms with Crippen molar-refractivity contribution in [1.29, 1.82) is 0 Å². The van der Waals surface area contributed by atoms with Crippen LogP contribution in [0.2, 0.25) is 5.02 Å². The van der Waals surface area contributed by atoms with Crippen LogP contribution >= 0.6 is 34.2 Å². The normalized spacial score (nSPS) is 10.3. The van der Waals surface area contributed by atoms with Crippen molar-refractivity contribution in [3.8, 4) is 0 Å². The van der Waals surface area contributed by atoms with Crippen LogP contribution in [0.25, 0.3) is 0 Å². The first-order chi connectivity index (χ1) is 9.11. The third-order valence-electron chi connectivity index (χ3n) is 2.54. The van der Waals surface area contributed by atoms with E-state index in [2.05, 4.69) is 37.9 Å². The van der Waals surface area contributed by atoms with E-state index in [0.29, 0.717) is 16.5 Å². The van der Waals surface area contributed by atoms with Gasteiger partial charge < -0.3 is 5.32 Å². The molecule has 19 heavy (non-hydrogen) atoms. The Kier molecular flexibility index (Phi) is 4.71. The van der Waals surface area contributed by atoms with Crippen LogP contribution in [0.5, 0.6) is 0 Å². The number of rotatable bonds is 4. The molecule has 0 radical (unpaired) electrons. The van der Waals surface area contributed by atoms with Gasteiger partial charge in [0.2, 0.25) is 0 Å². The SMILES string of the molecule is CNc1ncc(I)cc1CC(=O)c1ncccc1Cl. The molecule has 2 aromatic rings. The lowest BCUT2D eigenvalue weighted by Gasteiger charge is -2.08. The average molecular weight is 388 g/mol. The molecular formula is C13H11ClIN3O. The summed E-state index contributed by atoms with van der Waals surface area (Å²) in [4.78, 5) is 20.5. The first-order valence-electron chi connectivity index (χ1n) is 5.57. The van der Waals surface area contributed by atoms with Gasteiger partial charge in [-0.1, -0.05) is 11.6 Å². The minimum atomic E-state index is -0.120. The summed E-state index contributed by atoms with van der Waals surface area (Å²) in [6.07, 6.45) is 3.52. The zero-order valence-electron chi connectivity index (χ0n) is 10.2. The third-order valence-corrected chi connectivity index (χ3v) is 3.44. The molecule has 2 aromatic heterocycles. The number of Topliss-reactive ketones (excluding diaryl/α,β-unsaturated/α-hetero) is 1. The van der Waals surface area contributed by atoms with Gasteiger partial charge in [-0.15, -0.1) is 0 Å². The van der Waals surface area contributed by atoms with Crippen molar-refractivity contribution in [2.45, 2.75) is 6.42 Å². The van der Waals surface area contributed by atoms with Crippen LogP contribution in [0.15, 0.2) is 30.6 Å². The molecule has 0 fully saturated rings. The van der Waals surface area contributed by atoms with Crippen LogP contribution < -0.4 is 5.32 Å². The molecule has 0 aromatic carbocycles. The van der Waals surface area contributed by atoms with E-state index in [9.17, 15) is 4.79 Å². The van der Waals surface area contributed by atoms with Gasteiger partial charge in [0, 0.05) is 35.0 Å². The van der Waals surface area contributed by atoms with E-state index in [-0.39, 0.29) is 12.2 Å². The largest absolute Gasteiger partial charge is 0.373 e. The van der Waals surface area contributed by atoms with Gasteiger partial charge in [-0.3, -0.25) is 9.78 Å². The minimum absolute atomic E-state index is 0.120. The number of ketones is 1. The van der Waals surface area contributed by atoms with Crippen molar-refractivity contribution in [3.63, 3.8) is 0 Å². The average Bonchev–Trinajstić information content (AvgIpc) is 2.39. The summed E-state index contributed by atoms with van der Waals surface area (Å²) in [5.41, 5.74) is 1.13. The van der Waals surface area contributed by atoms with Crippen LogP contribution in [-0.2, 0) is 6.42 Å². The first kappa shape index (κ1) is 14.2. The van der Waals surface area contributed by atoms with E-state index < -0.39 is 0 Å². The molecule has 0 aliphatic carbocycles. The number of hydrogen-bond acceptors (Lipinski definition) is 4. The summed E-state index contributed by atoms with van der Waals surface area (Å²) >= 11 is 8.14. The van der Waals surface area contributed by atoms with Gasteiger partial charge in [-0.25, -0.2) is 4.98 Å². The van der Waals surface area contributed by atoms with Gasteiger partial charge in [-0.2, -0.15) is 0 Å². The maximum absolute atomic E-state index is 12.2. The Hall–Kier alpha value is -1.21.